The molecule has 4 heteroatoms. The maximum absolute atomic E-state index is 11.9. The molecule has 0 saturated heterocycles. The number of carbonyl (C=O) groups is 1. The average molecular weight is 243 g/mol. The molecule has 18 heavy (non-hydrogen) atoms. The minimum atomic E-state index is 0.141. The number of ketones is 1. The van der Waals surface area contributed by atoms with Gasteiger partial charge < -0.3 is 0 Å². The van der Waals surface area contributed by atoms with Crippen LogP contribution in [0.1, 0.15) is 31.3 Å². The molecule has 0 spiro atoms. The monoisotopic (exact) mass is 243 g/mol. The molecule has 2 rings (SSSR count). The lowest BCUT2D eigenvalue weighted by molar-refractivity contribution is -0.117. The van der Waals surface area contributed by atoms with Gasteiger partial charge in [-0.2, -0.15) is 5.10 Å². The number of Topliss-reactive ketones (excluding diaryl/α,β-unsaturated/α-hetero) is 1. The molecule has 0 bridgehead atoms. The number of hydrogen-bond acceptors (Lipinski definition) is 3. The van der Waals surface area contributed by atoms with E-state index in [2.05, 4.69) is 23.9 Å². The van der Waals surface area contributed by atoms with Crippen LogP contribution in [0.2, 0.25) is 0 Å². The molecule has 0 aromatic carbocycles. The molecule has 0 radical (unpaired) electrons. The first kappa shape index (κ1) is 12.5. The van der Waals surface area contributed by atoms with E-state index in [0.717, 1.165) is 11.4 Å². The molecule has 0 unspecified atom stereocenters. The Morgan fingerprint density at radius 3 is 2.61 bits per heavy atom. The quantitative estimate of drug-likeness (QED) is 0.809. The van der Waals surface area contributed by atoms with Crippen molar-refractivity contribution in [2.45, 2.75) is 32.7 Å². The minimum absolute atomic E-state index is 0.141. The van der Waals surface area contributed by atoms with Crippen molar-refractivity contribution < 1.29 is 4.79 Å². The fraction of sp³-hybridized carbons (Fsp3) is 0.357. The third-order valence-corrected chi connectivity index (χ3v) is 2.68. The van der Waals surface area contributed by atoms with Gasteiger partial charge in [0, 0.05) is 30.6 Å². The topological polar surface area (TPSA) is 47.8 Å². The van der Waals surface area contributed by atoms with Gasteiger partial charge in [0.15, 0.2) is 0 Å². The van der Waals surface area contributed by atoms with Gasteiger partial charge in [-0.25, -0.2) is 0 Å². The van der Waals surface area contributed by atoms with E-state index < -0.39 is 0 Å². The minimum Gasteiger partial charge on any atom is -0.299 e. The third kappa shape index (κ3) is 3.26. The van der Waals surface area contributed by atoms with Crippen molar-refractivity contribution in [3.8, 4) is 0 Å². The molecule has 0 aliphatic heterocycles. The fourth-order valence-electron chi connectivity index (χ4n) is 1.73. The van der Waals surface area contributed by atoms with Gasteiger partial charge in [-0.3, -0.25) is 14.5 Å². The van der Waals surface area contributed by atoms with Gasteiger partial charge in [-0.1, -0.05) is 6.07 Å². The van der Waals surface area contributed by atoms with E-state index in [1.54, 1.807) is 6.20 Å². The summed E-state index contributed by atoms with van der Waals surface area (Å²) < 4.78 is 1.86. The van der Waals surface area contributed by atoms with Crippen LogP contribution in [0, 0.1) is 0 Å². The fourth-order valence-corrected chi connectivity index (χ4v) is 1.73. The second-order valence-electron chi connectivity index (χ2n) is 4.59. The van der Waals surface area contributed by atoms with Crippen LogP contribution in [0.5, 0.6) is 0 Å². The molecular weight excluding hydrogens is 226 g/mol. The molecule has 2 heterocycles. The summed E-state index contributed by atoms with van der Waals surface area (Å²) in [6.07, 6.45) is 4.36. The van der Waals surface area contributed by atoms with Crippen molar-refractivity contribution in [1.82, 2.24) is 14.8 Å². The highest BCUT2D eigenvalue weighted by molar-refractivity contribution is 5.82. The first-order valence-corrected chi connectivity index (χ1v) is 6.11. The van der Waals surface area contributed by atoms with Crippen LogP contribution in [0.15, 0.2) is 36.7 Å². The summed E-state index contributed by atoms with van der Waals surface area (Å²) in [5.74, 6) is 0.141. The zero-order valence-electron chi connectivity index (χ0n) is 10.7. The first-order valence-electron chi connectivity index (χ1n) is 6.11. The molecule has 2 aromatic heterocycles. The van der Waals surface area contributed by atoms with Crippen LogP contribution < -0.4 is 0 Å². The Morgan fingerprint density at radius 2 is 2.00 bits per heavy atom. The average Bonchev–Trinajstić information content (AvgIpc) is 2.78. The highest BCUT2D eigenvalue weighted by Gasteiger charge is 2.09. The predicted molar refractivity (Wildman–Crippen MR) is 69.3 cm³/mol. The summed E-state index contributed by atoms with van der Waals surface area (Å²) >= 11 is 0. The van der Waals surface area contributed by atoms with Gasteiger partial charge in [-0.15, -0.1) is 0 Å². The van der Waals surface area contributed by atoms with Gasteiger partial charge in [0.1, 0.15) is 5.78 Å². The Morgan fingerprint density at radius 1 is 1.22 bits per heavy atom. The maximum atomic E-state index is 11.9. The van der Waals surface area contributed by atoms with Crippen molar-refractivity contribution in [2.24, 2.45) is 0 Å². The van der Waals surface area contributed by atoms with Crippen LogP contribution in [-0.2, 0) is 17.6 Å². The van der Waals surface area contributed by atoms with Gasteiger partial charge in [0.05, 0.1) is 12.1 Å². The summed E-state index contributed by atoms with van der Waals surface area (Å²) in [6.45, 7) is 4.12. The summed E-state index contributed by atoms with van der Waals surface area (Å²) in [6, 6.07) is 7.83. The molecule has 2 aromatic rings. The Labute approximate surface area is 107 Å². The second-order valence-corrected chi connectivity index (χ2v) is 4.59. The standard InChI is InChI=1S/C14H17N3O/c1-11(2)17-8-6-13(16-17)10-14(18)9-12-5-3-4-7-15-12/h3-8,11H,9-10H2,1-2H3. The zero-order chi connectivity index (χ0) is 13.0. The van der Waals surface area contributed by atoms with Gasteiger partial charge >= 0.3 is 0 Å². The van der Waals surface area contributed by atoms with Crippen molar-refractivity contribution >= 4 is 5.78 Å². The van der Waals surface area contributed by atoms with E-state index in [1.165, 1.54) is 0 Å². The van der Waals surface area contributed by atoms with E-state index in [4.69, 9.17) is 0 Å². The van der Waals surface area contributed by atoms with Gasteiger partial charge in [-0.05, 0) is 32.0 Å². The molecule has 0 aliphatic carbocycles. The van der Waals surface area contributed by atoms with Crippen molar-refractivity contribution in [2.75, 3.05) is 0 Å². The maximum Gasteiger partial charge on any atom is 0.144 e. The van der Waals surface area contributed by atoms with Gasteiger partial charge in [0.25, 0.3) is 0 Å². The summed E-state index contributed by atoms with van der Waals surface area (Å²) in [5, 5.41) is 4.37. The Bertz CT molecular complexity index is 517. The van der Waals surface area contributed by atoms with E-state index in [0.29, 0.717) is 18.9 Å². The van der Waals surface area contributed by atoms with Crippen molar-refractivity contribution in [1.29, 1.82) is 0 Å². The highest BCUT2D eigenvalue weighted by atomic mass is 16.1. The lowest BCUT2D eigenvalue weighted by Gasteiger charge is -2.03. The zero-order valence-corrected chi connectivity index (χ0v) is 10.7. The molecule has 0 saturated carbocycles. The Hall–Kier alpha value is -1.97. The lowest BCUT2D eigenvalue weighted by Crippen LogP contribution is -2.09. The number of carbonyl (C=O) groups excluding carboxylic acids is 1. The van der Waals surface area contributed by atoms with Crippen molar-refractivity contribution in [3.63, 3.8) is 0 Å². The van der Waals surface area contributed by atoms with Crippen LogP contribution in [0.4, 0.5) is 0 Å². The van der Waals surface area contributed by atoms with E-state index in [-0.39, 0.29) is 5.78 Å². The predicted octanol–water partition coefficient (Wildman–Crippen LogP) is 2.21. The molecule has 0 N–H and O–H groups in total. The number of hydrogen-bond donors (Lipinski definition) is 0. The second kappa shape index (κ2) is 5.58. The van der Waals surface area contributed by atoms with E-state index >= 15 is 0 Å². The molecule has 0 fully saturated rings. The van der Waals surface area contributed by atoms with Gasteiger partial charge in [0.2, 0.25) is 0 Å². The molecule has 4 nitrogen and oxygen atoms in total. The largest absolute Gasteiger partial charge is 0.299 e. The van der Waals surface area contributed by atoms with E-state index in [9.17, 15) is 4.79 Å². The third-order valence-electron chi connectivity index (χ3n) is 2.68. The van der Waals surface area contributed by atoms with Crippen molar-refractivity contribution in [3.05, 3.63) is 48.0 Å². The molecule has 0 atom stereocenters. The smallest absolute Gasteiger partial charge is 0.144 e. The van der Waals surface area contributed by atoms with Crippen LogP contribution in [0.3, 0.4) is 0 Å². The number of nitrogens with zero attached hydrogens (tertiary/aromatic N) is 3. The van der Waals surface area contributed by atoms with Crippen LogP contribution in [0.25, 0.3) is 0 Å². The normalized spacial score (nSPS) is 10.8. The number of aromatic nitrogens is 3. The molecule has 0 aliphatic rings. The Balaban J connectivity index is 1.95. The lowest BCUT2D eigenvalue weighted by atomic mass is 10.1. The SMILES string of the molecule is CC(C)n1ccc(CC(=O)Cc2ccccn2)n1. The number of rotatable bonds is 5. The summed E-state index contributed by atoms with van der Waals surface area (Å²) in [7, 11) is 0. The Kier molecular flexibility index (Phi) is 3.87. The van der Waals surface area contributed by atoms with E-state index in [1.807, 2.05) is 35.1 Å². The van der Waals surface area contributed by atoms with Crippen LogP contribution >= 0.6 is 0 Å². The highest BCUT2D eigenvalue weighted by Crippen LogP contribution is 2.06. The molecular formula is C14H17N3O. The van der Waals surface area contributed by atoms with Crippen LogP contribution in [-0.4, -0.2) is 20.5 Å². The molecule has 0 amide bonds. The number of pyridine rings is 1. The summed E-state index contributed by atoms with van der Waals surface area (Å²) in [4.78, 5) is 16.0. The first-order chi connectivity index (χ1) is 8.65. The molecule has 94 valence electrons. The summed E-state index contributed by atoms with van der Waals surface area (Å²) in [5.41, 5.74) is 1.63.